The number of para-hydroxylation sites is 1. The van der Waals surface area contributed by atoms with E-state index in [-0.39, 0.29) is 17.7 Å². The number of ether oxygens (including phenoxy) is 1. The fraction of sp³-hybridized carbons (Fsp3) is 0.400. The third kappa shape index (κ3) is 6.41. The Bertz CT molecular complexity index is 950. The van der Waals surface area contributed by atoms with Gasteiger partial charge in [-0.25, -0.2) is 4.79 Å². The number of hydrogen-bond acceptors (Lipinski definition) is 4. The molecule has 1 atom stereocenters. The predicted octanol–water partition coefficient (Wildman–Crippen LogP) is 4.36. The van der Waals surface area contributed by atoms with Gasteiger partial charge in [0, 0.05) is 11.3 Å². The molecule has 2 rings (SSSR count). The molecule has 2 aromatic rings. The summed E-state index contributed by atoms with van der Waals surface area (Å²) < 4.78 is 5.24. The Morgan fingerprint density at radius 2 is 1.55 bits per heavy atom. The summed E-state index contributed by atoms with van der Waals surface area (Å²) >= 11 is 0. The number of carbonyl (C=O) groups is 3. The van der Waals surface area contributed by atoms with E-state index in [9.17, 15) is 14.4 Å². The number of carbonyl (C=O) groups excluding carboxylic acids is 3. The first-order valence-corrected chi connectivity index (χ1v) is 10.5. The molecule has 0 radical (unpaired) electrons. The van der Waals surface area contributed by atoms with Gasteiger partial charge in [0.15, 0.2) is 6.61 Å². The van der Waals surface area contributed by atoms with Crippen LogP contribution in [0.5, 0.6) is 0 Å². The second-order valence-corrected chi connectivity index (χ2v) is 8.36. The van der Waals surface area contributed by atoms with Crippen molar-refractivity contribution >= 4 is 23.5 Å². The molecule has 0 aliphatic rings. The molecule has 2 N–H and O–H groups in total. The van der Waals surface area contributed by atoms with Gasteiger partial charge in [0.25, 0.3) is 11.8 Å². The van der Waals surface area contributed by atoms with E-state index in [2.05, 4.69) is 24.5 Å². The average molecular weight is 425 g/mol. The van der Waals surface area contributed by atoms with Crippen molar-refractivity contribution in [1.82, 2.24) is 5.32 Å². The van der Waals surface area contributed by atoms with Crippen molar-refractivity contribution in [3.63, 3.8) is 0 Å². The molecule has 6 heteroatoms. The third-order valence-corrected chi connectivity index (χ3v) is 5.13. The Balaban J connectivity index is 2.02. The average Bonchev–Trinajstić information content (AvgIpc) is 2.71. The van der Waals surface area contributed by atoms with Crippen LogP contribution in [-0.4, -0.2) is 30.4 Å². The van der Waals surface area contributed by atoms with Crippen molar-refractivity contribution in [3.8, 4) is 0 Å². The van der Waals surface area contributed by atoms with E-state index < -0.39 is 24.5 Å². The Hall–Kier alpha value is -3.15. The smallest absolute Gasteiger partial charge is 0.329 e. The van der Waals surface area contributed by atoms with Crippen LogP contribution in [0.3, 0.4) is 0 Å². The van der Waals surface area contributed by atoms with Crippen molar-refractivity contribution in [2.24, 2.45) is 5.92 Å². The molecule has 2 amide bonds. The van der Waals surface area contributed by atoms with Crippen LogP contribution in [0.1, 0.15) is 60.7 Å². The Labute approximate surface area is 184 Å². The van der Waals surface area contributed by atoms with Gasteiger partial charge < -0.3 is 15.4 Å². The lowest BCUT2D eigenvalue weighted by Crippen LogP contribution is -2.46. The molecule has 31 heavy (non-hydrogen) atoms. The van der Waals surface area contributed by atoms with E-state index >= 15 is 0 Å². The molecular formula is C25H32N2O4. The highest BCUT2D eigenvalue weighted by Gasteiger charge is 2.27. The molecule has 0 heterocycles. The fourth-order valence-corrected chi connectivity index (χ4v) is 3.29. The number of esters is 1. The van der Waals surface area contributed by atoms with E-state index in [1.165, 1.54) is 0 Å². The second-order valence-electron chi connectivity index (χ2n) is 8.36. The molecule has 0 saturated heterocycles. The van der Waals surface area contributed by atoms with Crippen LogP contribution in [0.4, 0.5) is 5.69 Å². The summed E-state index contributed by atoms with van der Waals surface area (Å²) in [6.45, 7) is 11.1. The number of benzene rings is 2. The second kappa shape index (κ2) is 10.8. The van der Waals surface area contributed by atoms with Crippen LogP contribution in [0.25, 0.3) is 0 Å². The fourth-order valence-electron chi connectivity index (χ4n) is 3.29. The summed E-state index contributed by atoms with van der Waals surface area (Å²) in [6, 6.07) is 12.1. The van der Waals surface area contributed by atoms with Crippen LogP contribution in [-0.2, 0) is 14.3 Å². The van der Waals surface area contributed by atoms with Crippen molar-refractivity contribution in [3.05, 3.63) is 64.7 Å². The van der Waals surface area contributed by atoms with E-state index in [0.29, 0.717) is 5.56 Å². The summed E-state index contributed by atoms with van der Waals surface area (Å²) in [6.07, 6.45) is 0. The van der Waals surface area contributed by atoms with Crippen LogP contribution in [0.15, 0.2) is 42.5 Å². The molecule has 0 spiro atoms. The SMILES string of the molecule is Cc1ccccc1C(=O)N[C@H](C(=O)OCC(=O)Nc1c(C)cccc1C(C)C)C(C)C. The molecule has 0 aromatic heterocycles. The molecule has 0 aliphatic heterocycles. The molecule has 166 valence electrons. The van der Waals surface area contributed by atoms with Gasteiger partial charge in [-0.2, -0.15) is 0 Å². The monoisotopic (exact) mass is 424 g/mol. The number of anilines is 1. The van der Waals surface area contributed by atoms with Gasteiger partial charge in [-0.1, -0.05) is 64.1 Å². The number of amides is 2. The van der Waals surface area contributed by atoms with Gasteiger partial charge in [0.05, 0.1) is 0 Å². The summed E-state index contributed by atoms with van der Waals surface area (Å²) in [5.41, 5.74) is 4.02. The quantitative estimate of drug-likeness (QED) is 0.617. The maximum Gasteiger partial charge on any atom is 0.329 e. The van der Waals surface area contributed by atoms with Crippen LogP contribution >= 0.6 is 0 Å². The van der Waals surface area contributed by atoms with Gasteiger partial charge in [-0.15, -0.1) is 0 Å². The first-order chi connectivity index (χ1) is 14.6. The maximum atomic E-state index is 12.6. The van der Waals surface area contributed by atoms with E-state index in [1.54, 1.807) is 12.1 Å². The van der Waals surface area contributed by atoms with Gasteiger partial charge >= 0.3 is 5.97 Å². The summed E-state index contributed by atoms with van der Waals surface area (Å²) in [5, 5.41) is 5.59. The summed E-state index contributed by atoms with van der Waals surface area (Å²) in [7, 11) is 0. The minimum Gasteiger partial charge on any atom is -0.454 e. The number of nitrogens with one attached hydrogen (secondary N) is 2. The minimum absolute atomic E-state index is 0.201. The predicted molar refractivity (Wildman–Crippen MR) is 122 cm³/mol. The van der Waals surface area contributed by atoms with Crippen LogP contribution < -0.4 is 10.6 Å². The molecular weight excluding hydrogens is 392 g/mol. The first kappa shape index (κ1) is 24.1. The third-order valence-electron chi connectivity index (χ3n) is 5.13. The lowest BCUT2D eigenvalue weighted by Gasteiger charge is -2.21. The lowest BCUT2D eigenvalue weighted by atomic mass is 9.98. The zero-order chi connectivity index (χ0) is 23.1. The molecule has 0 unspecified atom stereocenters. The Morgan fingerprint density at radius 1 is 0.903 bits per heavy atom. The van der Waals surface area contributed by atoms with Crippen molar-refractivity contribution in [2.75, 3.05) is 11.9 Å². The van der Waals surface area contributed by atoms with E-state index in [0.717, 1.165) is 22.4 Å². The highest BCUT2D eigenvalue weighted by molar-refractivity contribution is 5.98. The van der Waals surface area contributed by atoms with Crippen molar-refractivity contribution < 1.29 is 19.1 Å². The molecule has 0 bridgehead atoms. The lowest BCUT2D eigenvalue weighted by molar-refractivity contribution is -0.150. The zero-order valence-corrected chi connectivity index (χ0v) is 19.1. The van der Waals surface area contributed by atoms with Gasteiger partial charge in [-0.3, -0.25) is 9.59 Å². The molecule has 0 aliphatic carbocycles. The van der Waals surface area contributed by atoms with Gasteiger partial charge in [0.2, 0.25) is 0 Å². The van der Waals surface area contributed by atoms with Crippen molar-refractivity contribution in [2.45, 2.75) is 53.5 Å². The largest absolute Gasteiger partial charge is 0.454 e. The number of hydrogen-bond donors (Lipinski definition) is 2. The van der Waals surface area contributed by atoms with E-state index in [1.807, 2.05) is 58.0 Å². The molecule has 6 nitrogen and oxygen atoms in total. The Kier molecular flexibility index (Phi) is 8.37. The highest BCUT2D eigenvalue weighted by atomic mass is 16.5. The highest BCUT2D eigenvalue weighted by Crippen LogP contribution is 2.27. The van der Waals surface area contributed by atoms with Crippen LogP contribution in [0.2, 0.25) is 0 Å². The normalized spacial score (nSPS) is 11.9. The first-order valence-electron chi connectivity index (χ1n) is 10.5. The number of rotatable bonds is 8. The topological polar surface area (TPSA) is 84.5 Å². The molecule has 0 fully saturated rings. The molecule has 0 saturated carbocycles. The van der Waals surface area contributed by atoms with Gasteiger partial charge in [0.1, 0.15) is 6.04 Å². The summed E-state index contributed by atoms with van der Waals surface area (Å²) in [4.78, 5) is 37.7. The standard InChI is InChI=1S/C25H32N2O4/c1-15(2)19-13-9-11-18(6)23(19)26-21(28)14-31-25(30)22(16(3)4)27-24(29)20-12-8-7-10-17(20)5/h7-13,15-16,22H,14H2,1-6H3,(H,26,28)(H,27,29)/t22-/m0/s1. The van der Waals surface area contributed by atoms with E-state index in [4.69, 9.17) is 4.74 Å². The van der Waals surface area contributed by atoms with Gasteiger partial charge in [-0.05, 0) is 48.4 Å². The minimum atomic E-state index is -0.857. The van der Waals surface area contributed by atoms with Crippen molar-refractivity contribution in [1.29, 1.82) is 0 Å². The maximum absolute atomic E-state index is 12.6. The van der Waals surface area contributed by atoms with Crippen LogP contribution in [0, 0.1) is 19.8 Å². The summed E-state index contributed by atoms with van der Waals surface area (Å²) in [5.74, 6) is -1.37. The number of aryl methyl sites for hydroxylation is 2. The Morgan fingerprint density at radius 3 is 2.16 bits per heavy atom. The molecule has 2 aromatic carbocycles. The zero-order valence-electron chi connectivity index (χ0n) is 19.1.